The number of rotatable bonds is 6. The molecule has 1 aromatic heterocycles. The van der Waals surface area contributed by atoms with Crippen molar-refractivity contribution in [2.24, 2.45) is 5.92 Å². The molecule has 0 saturated carbocycles. The fraction of sp³-hybridized carbons (Fsp3) is 0.643. The van der Waals surface area contributed by atoms with Gasteiger partial charge in [-0.05, 0) is 25.5 Å². The fourth-order valence-electron chi connectivity index (χ4n) is 2.46. The van der Waals surface area contributed by atoms with Gasteiger partial charge in [-0.3, -0.25) is 0 Å². The second-order valence-electron chi connectivity index (χ2n) is 4.66. The molecule has 1 aromatic rings. The van der Waals surface area contributed by atoms with Gasteiger partial charge in [0.15, 0.2) is 0 Å². The summed E-state index contributed by atoms with van der Waals surface area (Å²) in [5.41, 5.74) is 1.14. The number of ether oxygens (including phenoxy) is 2. The van der Waals surface area contributed by atoms with Crippen LogP contribution in [0.3, 0.4) is 0 Å². The third-order valence-electron chi connectivity index (χ3n) is 3.38. The molecule has 1 fully saturated rings. The Labute approximate surface area is 109 Å². The summed E-state index contributed by atoms with van der Waals surface area (Å²) in [6.45, 7) is 4.85. The van der Waals surface area contributed by atoms with Crippen molar-refractivity contribution in [2.45, 2.75) is 25.8 Å². The highest BCUT2D eigenvalue weighted by molar-refractivity contribution is 5.29. The Hall–Kier alpha value is -1.13. The van der Waals surface area contributed by atoms with Crippen molar-refractivity contribution >= 4 is 0 Å². The van der Waals surface area contributed by atoms with Crippen molar-refractivity contribution in [2.75, 3.05) is 26.9 Å². The minimum Gasteiger partial charge on any atom is -0.481 e. The van der Waals surface area contributed by atoms with Gasteiger partial charge in [0.25, 0.3) is 0 Å². The van der Waals surface area contributed by atoms with Crippen molar-refractivity contribution in [3.63, 3.8) is 0 Å². The van der Waals surface area contributed by atoms with Gasteiger partial charge in [0.1, 0.15) is 0 Å². The van der Waals surface area contributed by atoms with Gasteiger partial charge in [-0.2, -0.15) is 0 Å². The Morgan fingerprint density at radius 1 is 1.61 bits per heavy atom. The monoisotopic (exact) mass is 250 g/mol. The van der Waals surface area contributed by atoms with E-state index in [9.17, 15) is 0 Å². The highest BCUT2D eigenvalue weighted by Crippen LogP contribution is 2.32. The number of nitrogens with one attached hydrogen (secondary N) is 1. The molecule has 0 radical (unpaired) electrons. The van der Waals surface area contributed by atoms with Crippen LogP contribution in [0.15, 0.2) is 18.3 Å². The first-order chi connectivity index (χ1) is 8.86. The molecule has 1 N–H and O–H groups in total. The molecule has 2 unspecified atom stereocenters. The fourth-order valence-corrected chi connectivity index (χ4v) is 2.46. The normalized spacial score (nSPS) is 20.9. The lowest BCUT2D eigenvalue weighted by Gasteiger charge is -2.25. The van der Waals surface area contributed by atoms with Gasteiger partial charge in [0, 0.05) is 30.3 Å². The second kappa shape index (κ2) is 6.71. The molecule has 4 heteroatoms. The van der Waals surface area contributed by atoms with Gasteiger partial charge < -0.3 is 14.8 Å². The molecule has 1 aliphatic heterocycles. The smallest absolute Gasteiger partial charge is 0.217 e. The summed E-state index contributed by atoms with van der Waals surface area (Å²) >= 11 is 0. The minimum absolute atomic E-state index is 0.274. The highest BCUT2D eigenvalue weighted by atomic mass is 16.5. The quantitative estimate of drug-likeness (QED) is 0.840. The van der Waals surface area contributed by atoms with E-state index in [0.717, 1.165) is 44.0 Å². The van der Waals surface area contributed by atoms with Crippen molar-refractivity contribution in [3.05, 3.63) is 23.9 Å². The first-order valence-corrected chi connectivity index (χ1v) is 6.66. The zero-order valence-electron chi connectivity index (χ0n) is 11.2. The summed E-state index contributed by atoms with van der Waals surface area (Å²) in [7, 11) is 1.67. The predicted octanol–water partition coefficient (Wildman–Crippen LogP) is 2.17. The minimum atomic E-state index is 0.274. The zero-order chi connectivity index (χ0) is 12.8. The van der Waals surface area contributed by atoms with Crippen LogP contribution >= 0.6 is 0 Å². The van der Waals surface area contributed by atoms with E-state index < -0.39 is 0 Å². The van der Waals surface area contributed by atoms with Gasteiger partial charge in [0.2, 0.25) is 5.88 Å². The van der Waals surface area contributed by atoms with Crippen molar-refractivity contribution in [1.82, 2.24) is 10.3 Å². The third kappa shape index (κ3) is 3.00. The van der Waals surface area contributed by atoms with Crippen LogP contribution in [0.1, 0.15) is 31.4 Å². The molecule has 0 amide bonds. The third-order valence-corrected chi connectivity index (χ3v) is 3.38. The summed E-state index contributed by atoms with van der Waals surface area (Å²) in [5.74, 6) is 1.23. The first-order valence-electron chi connectivity index (χ1n) is 6.66. The average molecular weight is 250 g/mol. The summed E-state index contributed by atoms with van der Waals surface area (Å²) in [6, 6.07) is 4.34. The lowest BCUT2D eigenvalue weighted by molar-refractivity contribution is 0.176. The molecular formula is C14H22N2O2. The first kappa shape index (κ1) is 13.3. The molecule has 100 valence electrons. The van der Waals surface area contributed by atoms with E-state index in [-0.39, 0.29) is 6.04 Å². The predicted molar refractivity (Wildman–Crippen MR) is 70.7 cm³/mol. The molecule has 4 nitrogen and oxygen atoms in total. The van der Waals surface area contributed by atoms with Gasteiger partial charge in [0.05, 0.1) is 13.7 Å². The molecule has 2 heterocycles. The van der Waals surface area contributed by atoms with Crippen LogP contribution in [0.2, 0.25) is 0 Å². The molecule has 0 spiro atoms. The van der Waals surface area contributed by atoms with Crippen LogP contribution < -0.4 is 10.1 Å². The maximum absolute atomic E-state index is 5.51. The summed E-state index contributed by atoms with van der Waals surface area (Å²) < 4.78 is 10.9. The molecule has 0 aromatic carbocycles. The van der Waals surface area contributed by atoms with E-state index in [1.165, 1.54) is 0 Å². The molecule has 1 saturated heterocycles. The van der Waals surface area contributed by atoms with E-state index in [1.54, 1.807) is 13.3 Å². The maximum Gasteiger partial charge on any atom is 0.217 e. The van der Waals surface area contributed by atoms with E-state index in [1.807, 2.05) is 6.07 Å². The number of nitrogens with zero attached hydrogens (tertiary/aromatic N) is 1. The van der Waals surface area contributed by atoms with E-state index in [0.29, 0.717) is 5.92 Å². The standard InChI is InChI=1S/C14H22N2O2/c1-3-7-15-13(11-6-9-18-10-11)12-5-4-8-16-14(12)17-2/h4-5,8,11,13,15H,3,6-7,9-10H2,1-2H3. The number of methoxy groups -OCH3 is 1. The lowest BCUT2D eigenvalue weighted by atomic mass is 9.93. The number of hydrogen-bond donors (Lipinski definition) is 1. The van der Waals surface area contributed by atoms with Gasteiger partial charge >= 0.3 is 0 Å². The number of aromatic nitrogens is 1. The van der Waals surface area contributed by atoms with Gasteiger partial charge in [-0.1, -0.05) is 13.0 Å². The molecule has 0 bridgehead atoms. The Morgan fingerprint density at radius 2 is 2.50 bits per heavy atom. The van der Waals surface area contributed by atoms with Crippen LogP contribution in [-0.2, 0) is 4.74 Å². The molecular weight excluding hydrogens is 228 g/mol. The van der Waals surface area contributed by atoms with Gasteiger partial charge in [-0.25, -0.2) is 4.98 Å². The summed E-state index contributed by atoms with van der Waals surface area (Å²) in [4.78, 5) is 4.29. The Morgan fingerprint density at radius 3 is 3.17 bits per heavy atom. The Balaban J connectivity index is 2.20. The van der Waals surface area contributed by atoms with Crippen LogP contribution in [0.25, 0.3) is 0 Å². The van der Waals surface area contributed by atoms with Gasteiger partial charge in [-0.15, -0.1) is 0 Å². The maximum atomic E-state index is 5.51. The second-order valence-corrected chi connectivity index (χ2v) is 4.66. The van der Waals surface area contributed by atoms with E-state index in [4.69, 9.17) is 9.47 Å². The lowest BCUT2D eigenvalue weighted by Crippen LogP contribution is -2.29. The highest BCUT2D eigenvalue weighted by Gasteiger charge is 2.28. The summed E-state index contributed by atoms with van der Waals surface area (Å²) in [6.07, 6.45) is 3.98. The van der Waals surface area contributed by atoms with Crippen LogP contribution in [-0.4, -0.2) is 31.9 Å². The van der Waals surface area contributed by atoms with Crippen LogP contribution in [0, 0.1) is 5.92 Å². The summed E-state index contributed by atoms with van der Waals surface area (Å²) in [5, 5.41) is 3.60. The molecule has 18 heavy (non-hydrogen) atoms. The van der Waals surface area contributed by atoms with E-state index >= 15 is 0 Å². The van der Waals surface area contributed by atoms with Crippen LogP contribution in [0.4, 0.5) is 0 Å². The van der Waals surface area contributed by atoms with Crippen LogP contribution in [0.5, 0.6) is 5.88 Å². The zero-order valence-corrected chi connectivity index (χ0v) is 11.2. The van der Waals surface area contributed by atoms with Crippen molar-refractivity contribution in [1.29, 1.82) is 0 Å². The molecule has 2 atom stereocenters. The Kier molecular flexibility index (Phi) is 4.96. The number of pyridine rings is 1. The molecule has 1 aliphatic rings. The van der Waals surface area contributed by atoms with E-state index in [2.05, 4.69) is 23.3 Å². The topological polar surface area (TPSA) is 43.4 Å². The number of hydrogen-bond acceptors (Lipinski definition) is 4. The molecule has 0 aliphatic carbocycles. The SMILES string of the molecule is CCCNC(c1cccnc1OC)C1CCOC1. The molecule has 2 rings (SSSR count). The largest absolute Gasteiger partial charge is 0.481 e. The van der Waals surface area contributed by atoms with Crippen molar-refractivity contribution in [3.8, 4) is 5.88 Å². The van der Waals surface area contributed by atoms with Crippen molar-refractivity contribution < 1.29 is 9.47 Å². The Bertz CT molecular complexity index is 365. The average Bonchev–Trinajstić information content (AvgIpc) is 2.94.